The molecule has 0 heterocycles. The van der Waals surface area contributed by atoms with Crippen molar-refractivity contribution in [1.82, 2.24) is 0 Å². The molecule has 52 valence electrons. The largest absolute Gasteiger partial charge is 0.127 e. The first kappa shape index (κ1) is 7.83. The normalized spacial score (nSPS) is 9.70. The van der Waals surface area contributed by atoms with Gasteiger partial charge >= 0.3 is 0 Å². The zero-order valence-corrected chi connectivity index (χ0v) is 7.43. The van der Waals surface area contributed by atoms with E-state index < -0.39 is 0 Å². The van der Waals surface area contributed by atoms with E-state index >= 15 is 0 Å². The average Bonchev–Trinajstić information content (AvgIpc) is 2.03. The summed E-state index contributed by atoms with van der Waals surface area (Å²) in [4.78, 5) is 0. The van der Waals surface area contributed by atoms with Crippen molar-refractivity contribution < 1.29 is 0 Å². The lowest BCUT2D eigenvalue weighted by atomic mass is 10.4. The van der Waals surface area contributed by atoms with Crippen LogP contribution in [0.4, 0.5) is 0 Å². The Morgan fingerprint density at radius 1 is 1.20 bits per heavy atom. The molecular formula is C8H9ClSi. The predicted octanol–water partition coefficient (Wildman–Crippen LogP) is 1.67. The van der Waals surface area contributed by atoms with Gasteiger partial charge in [-0.05, 0) is 6.04 Å². The lowest BCUT2D eigenvalue weighted by Gasteiger charge is -1.94. The van der Waals surface area contributed by atoms with Crippen molar-refractivity contribution in [2.24, 2.45) is 0 Å². The maximum Gasteiger partial charge on any atom is 0.0820 e. The molecule has 2 heteroatoms. The lowest BCUT2D eigenvalue weighted by Crippen LogP contribution is -2.12. The summed E-state index contributed by atoms with van der Waals surface area (Å²) in [7, 11) is 0.873. The molecule has 0 unspecified atom stereocenters. The topological polar surface area (TPSA) is 0 Å². The van der Waals surface area contributed by atoms with Gasteiger partial charge in [0.25, 0.3) is 0 Å². The van der Waals surface area contributed by atoms with Crippen LogP contribution >= 0.6 is 11.6 Å². The van der Waals surface area contributed by atoms with Gasteiger partial charge in [-0.1, -0.05) is 35.5 Å². The highest BCUT2D eigenvalue weighted by Gasteiger charge is 1.90. The minimum absolute atomic E-state index is 0.771. The van der Waals surface area contributed by atoms with Gasteiger partial charge in [-0.25, -0.2) is 0 Å². The molecule has 0 amide bonds. The highest BCUT2D eigenvalue weighted by molar-refractivity contribution is 6.54. The highest BCUT2D eigenvalue weighted by atomic mass is 35.5. The first-order chi connectivity index (χ1) is 4.93. The van der Waals surface area contributed by atoms with Gasteiger partial charge in [0.05, 0.1) is 9.52 Å². The fraction of sp³-hybridized carbons (Fsp3) is 0.250. The molecule has 0 aliphatic heterocycles. The van der Waals surface area contributed by atoms with Crippen LogP contribution in [-0.2, 0) is 0 Å². The van der Waals surface area contributed by atoms with Crippen LogP contribution in [0.25, 0.3) is 0 Å². The van der Waals surface area contributed by atoms with Crippen molar-refractivity contribution in [2.75, 3.05) is 5.88 Å². The molecule has 0 saturated heterocycles. The standard InChI is InChI=1S/C8H9ClSi/c9-6-7-10-8-4-2-1-3-5-8/h1-5H,6-7H2. The fourth-order valence-electron chi connectivity index (χ4n) is 0.748. The minimum atomic E-state index is 0.771. The molecular weight excluding hydrogens is 160 g/mol. The SMILES string of the molecule is ClCC[Si]c1ccccc1. The third-order valence-electron chi connectivity index (χ3n) is 1.20. The number of hydrogen-bond acceptors (Lipinski definition) is 0. The molecule has 0 aliphatic rings. The number of alkyl halides is 1. The summed E-state index contributed by atoms with van der Waals surface area (Å²) in [6, 6.07) is 11.6. The van der Waals surface area contributed by atoms with E-state index in [1.165, 1.54) is 5.19 Å². The molecule has 1 aromatic carbocycles. The molecule has 1 aromatic rings. The van der Waals surface area contributed by atoms with Gasteiger partial charge < -0.3 is 0 Å². The zero-order valence-electron chi connectivity index (χ0n) is 5.68. The van der Waals surface area contributed by atoms with Crippen LogP contribution in [0.2, 0.25) is 6.04 Å². The molecule has 0 N–H and O–H groups in total. The number of halogens is 1. The second-order valence-electron chi connectivity index (χ2n) is 1.98. The predicted molar refractivity (Wildman–Crippen MR) is 47.4 cm³/mol. The van der Waals surface area contributed by atoms with Crippen LogP contribution < -0.4 is 5.19 Å². The molecule has 0 saturated carbocycles. The Labute approximate surface area is 69.0 Å². The average molecular weight is 169 g/mol. The summed E-state index contributed by atoms with van der Waals surface area (Å²) in [5.74, 6) is 0.771. The molecule has 0 spiro atoms. The second kappa shape index (κ2) is 4.53. The monoisotopic (exact) mass is 168 g/mol. The summed E-state index contributed by atoms with van der Waals surface area (Å²) in [5.41, 5.74) is 0. The summed E-state index contributed by atoms with van der Waals surface area (Å²) in [6.07, 6.45) is 0. The maximum atomic E-state index is 5.56. The van der Waals surface area contributed by atoms with E-state index in [0.717, 1.165) is 21.4 Å². The molecule has 0 aliphatic carbocycles. The molecule has 0 fully saturated rings. The molecule has 2 radical (unpaired) electrons. The Kier molecular flexibility index (Phi) is 3.55. The van der Waals surface area contributed by atoms with Gasteiger partial charge in [0.2, 0.25) is 0 Å². The molecule has 0 aromatic heterocycles. The van der Waals surface area contributed by atoms with E-state index in [2.05, 4.69) is 24.3 Å². The van der Waals surface area contributed by atoms with Crippen molar-refractivity contribution in [2.45, 2.75) is 6.04 Å². The lowest BCUT2D eigenvalue weighted by molar-refractivity contribution is 1.47. The van der Waals surface area contributed by atoms with E-state index in [9.17, 15) is 0 Å². The smallest absolute Gasteiger partial charge is 0.0820 e. The highest BCUT2D eigenvalue weighted by Crippen LogP contribution is 1.86. The second-order valence-corrected chi connectivity index (χ2v) is 3.79. The Bertz CT molecular complexity index is 174. The van der Waals surface area contributed by atoms with Crippen LogP contribution in [0.1, 0.15) is 0 Å². The summed E-state index contributed by atoms with van der Waals surface area (Å²) >= 11 is 5.56. The first-order valence-corrected chi connectivity index (χ1v) is 5.02. The quantitative estimate of drug-likeness (QED) is 0.476. The summed E-state index contributed by atoms with van der Waals surface area (Å²) in [6.45, 7) is 0. The Morgan fingerprint density at radius 2 is 1.90 bits per heavy atom. The third kappa shape index (κ3) is 2.54. The summed E-state index contributed by atoms with van der Waals surface area (Å²) in [5, 5.41) is 1.41. The number of benzene rings is 1. The van der Waals surface area contributed by atoms with E-state index in [4.69, 9.17) is 11.6 Å². The first-order valence-electron chi connectivity index (χ1n) is 3.28. The van der Waals surface area contributed by atoms with Crippen LogP contribution in [-0.4, -0.2) is 15.4 Å². The zero-order chi connectivity index (χ0) is 7.23. The molecule has 1 rings (SSSR count). The number of hydrogen-bond donors (Lipinski definition) is 0. The van der Waals surface area contributed by atoms with E-state index in [1.54, 1.807) is 0 Å². The van der Waals surface area contributed by atoms with Gasteiger partial charge in [-0.3, -0.25) is 0 Å². The van der Waals surface area contributed by atoms with E-state index in [0.29, 0.717) is 0 Å². The van der Waals surface area contributed by atoms with Crippen molar-refractivity contribution in [1.29, 1.82) is 0 Å². The van der Waals surface area contributed by atoms with Crippen LogP contribution in [0.15, 0.2) is 30.3 Å². The molecule has 10 heavy (non-hydrogen) atoms. The molecule has 0 bridgehead atoms. The van der Waals surface area contributed by atoms with Crippen molar-refractivity contribution in [3.63, 3.8) is 0 Å². The van der Waals surface area contributed by atoms with Gasteiger partial charge in [0, 0.05) is 5.88 Å². The van der Waals surface area contributed by atoms with Crippen LogP contribution in [0.5, 0.6) is 0 Å². The Morgan fingerprint density at radius 3 is 2.50 bits per heavy atom. The van der Waals surface area contributed by atoms with Gasteiger partial charge in [0.1, 0.15) is 0 Å². The van der Waals surface area contributed by atoms with Gasteiger partial charge in [-0.2, -0.15) is 0 Å². The van der Waals surface area contributed by atoms with E-state index in [1.807, 2.05) is 6.07 Å². The van der Waals surface area contributed by atoms with E-state index in [-0.39, 0.29) is 0 Å². The third-order valence-corrected chi connectivity index (χ3v) is 2.94. The molecule has 0 nitrogen and oxygen atoms in total. The van der Waals surface area contributed by atoms with Crippen LogP contribution in [0, 0.1) is 0 Å². The van der Waals surface area contributed by atoms with Gasteiger partial charge in [-0.15, -0.1) is 11.6 Å². The Hall–Kier alpha value is -0.273. The maximum absolute atomic E-state index is 5.56. The number of rotatable bonds is 3. The summed E-state index contributed by atoms with van der Waals surface area (Å²) < 4.78 is 0. The Balaban J connectivity index is 2.43. The van der Waals surface area contributed by atoms with Crippen LogP contribution in [0.3, 0.4) is 0 Å². The fourth-order valence-corrected chi connectivity index (χ4v) is 1.84. The minimum Gasteiger partial charge on any atom is -0.127 e. The van der Waals surface area contributed by atoms with Crippen molar-refractivity contribution in [3.05, 3.63) is 30.3 Å². The van der Waals surface area contributed by atoms with Crippen molar-refractivity contribution >= 4 is 26.3 Å². The molecule has 0 atom stereocenters. The van der Waals surface area contributed by atoms with Crippen molar-refractivity contribution in [3.8, 4) is 0 Å². The van der Waals surface area contributed by atoms with Gasteiger partial charge in [0.15, 0.2) is 0 Å².